The fourth-order valence-corrected chi connectivity index (χ4v) is 2.96. The van der Waals surface area contributed by atoms with Crippen LogP contribution in [-0.2, 0) is 4.74 Å². The number of hydrogen-bond acceptors (Lipinski definition) is 3. The zero-order chi connectivity index (χ0) is 14.2. The van der Waals surface area contributed by atoms with Gasteiger partial charge in [-0.25, -0.2) is 4.99 Å². The van der Waals surface area contributed by atoms with Crippen molar-refractivity contribution in [2.45, 2.75) is 6.42 Å². The van der Waals surface area contributed by atoms with Crippen LogP contribution in [0.1, 0.15) is 12.0 Å². The Bertz CT molecular complexity index is 736. The van der Waals surface area contributed by atoms with Gasteiger partial charge in [-0.3, -0.25) is 0 Å². The Morgan fingerprint density at radius 2 is 2.05 bits per heavy atom. The molecule has 1 aromatic carbocycles. The van der Waals surface area contributed by atoms with Gasteiger partial charge in [0, 0.05) is 30.3 Å². The minimum Gasteiger partial charge on any atom is -0.501 e. The summed E-state index contributed by atoms with van der Waals surface area (Å²) in [6.07, 6.45) is 9.34. The van der Waals surface area contributed by atoms with E-state index in [1.807, 2.05) is 18.2 Å². The van der Waals surface area contributed by atoms with Crippen LogP contribution in [0.25, 0.3) is 5.70 Å². The van der Waals surface area contributed by atoms with Crippen molar-refractivity contribution < 1.29 is 4.74 Å². The Hall–Kier alpha value is -2.55. The highest BCUT2D eigenvalue weighted by Crippen LogP contribution is 2.34. The number of methoxy groups -OCH3 is 1. The lowest BCUT2D eigenvalue weighted by molar-refractivity contribution is 0.285. The van der Waals surface area contributed by atoms with Gasteiger partial charge >= 0.3 is 0 Å². The second-order valence-electron chi connectivity index (χ2n) is 5.29. The van der Waals surface area contributed by atoms with E-state index in [2.05, 4.69) is 41.5 Å². The number of allylic oxidation sites excluding steroid dienone is 5. The van der Waals surface area contributed by atoms with Gasteiger partial charge in [-0.15, -0.1) is 0 Å². The largest absolute Gasteiger partial charge is 0.501 e. The summed E-state index contributed by atoms with van der Waals surface area (Å²) >= 11 is 0. The molecule has 0 spiro atoms. The summed E-state index contributed by atoms with van der Waals surface area (Å²) in [5.74, 6) is 0.966. The molecule has 104 valence electrons. The Balaban J connectivity index is 1.82. The Kier molecular flexibility index (Phi) is 2.78. The van der Waals surface area contributed by atoms with Crippen LogP contribution in [0, 0.1) is 0 Å². The molecule has 3 heteroatoms. The summed E-state index contributed by atoms with van der Waals surface area (Å²) in [7, 11) is 1.72. The van der Waals surface area contributed by atoms with Crippen LogP contribution in [0.3, 0.4) is 0 Å². The van der Waals surface area contributed by atoms with E-state index in [4.69, 9.17) is 9.73 Å². The van der Waals surface area contributed by atoms with Crippen molar-refractivity contribution in [3.8, 4) is 0 Å². The lowest BCUT2D eigenvalue weighted by atomic mass is 9.94. The van der Waals surface area contributed by atoms with Crippen molar-refractivity contribution >= 4 is 11.4 Å². The number of rotatable bonds is 2. The maximum atomic E-state index is 5.45. The molecule has 0 atom stereocenters. The molecular weight excluding hydrogens is 260 g/mol. The highest BCUT2D eigenvalue weighted by molar-refractivity contribution is 6.07. The average molecular weight is 276 g/mol. The van der Waals surface area contributed by atoms with Gasteiger partial charge in [-0.05, 0) is 6.08 Å². The van der Waals surface area contributed by atoms with E-state index in [1.54, 1.807) is 7.11 Å². The molecule has 0 bridgehead atoms. The van der Waals surface area contributed by atoms with Crippen LogP contribution in [-0.4, -0.2) is 24.3 Å². The molecule has 4 rings (SSSR count). The van der Waals surface area contributed by atoms with E-state index in [0.717, 1.165) is 35.7 Å². The first-order valence-electron chi connectivity index (χ1n) is 7.12. The van der Waals surface area contributed by atoms with Gasteiger partial charge in [0.1, 0.15) is 5.76 Å². The Labute approximate surface area is 124 Å². The molecule has 21 heavy (non-hydrogen) atoms. The second kappa shape index (κ2) is 4.77. The predicted octanol–water partition coefficient (Wildman–Crippen LogP) is 3.50. The number of aliphatic imine (C=N–C) groups is 1. The lowest BCUT2D eigenvalue weighted by Crippen LogP contribution is -2.31. The first kappa shape index (κ1) is 12.2. The van der Waals surface area contributed by atoms with Crippen molar-refractivity contribution in [2.75, 3.05) is 13.7 Å². The zero-order valence-corrected chi connectivity index (χ0v) is 11.9. The van der Waals surface area contributed by atoms with Gasteiger partial charge in [0.15, 0.2) is 0 Å². The fraction of sp³-hybridized carbons (Fsp3) is 0.167. The number of ether oxygens (including phenoxy) is 1. The molecule has 0 saturated carbocycles. The summed E-state index contributed by atoms with van der Waals surface area (Å²) in [5, 5.41) is 0. The topological polar surface area (TPSA) is 24.8 Å². The number of nitrogens with zero attached hydrogens (tertiary/aromatic N) is 2. The third-order valence-electron chi connectivity index (χ3n) is 3.96. The van der Waals surface area contributed by atoms with Gasteiger partial charge < -0.3 is 9.64 Å². The van der Waals surface area contributed by atoms with Gasteiger partial charge in [0.05, 0.1) is 24.2 Å². The van der Waals surface area contributed by atoms with Crippen LogP contribution < -0.4 is 0 Å². The van der Waals surface area contributed by atoms with Crippen LogP contribution in [0.2, 0.25) is 0 Å². The average Bonchev–Trinajstić information content (AvgIpc) is 2.55. The highest BCUT2D eigenvalue weighted by Gasteiger charge is 2.28. The molecule has 3 nitrogen and oxygen atoms in total. The molecule has 0 aromatic heterocycles. The van der Waals surface area contributed by atoms with Crippen molar-refractivity contribution in [3.05, 3.63) is 77.4 Å². The third kappa shape index (κ3) is 2.02. The summed E-state index contributed by atoms with van der Waals surface area (Å²) in [4.78, 5) is 7.16. The van der Waals surface area contributed by atoms with Gasteiger partial charge in [-0.2, -0.15) is 0 Å². The number of hydrogen-bond donors (Lipinski definition) is 0. The molecule has 0 amide bonds. The molecule has 2 aliphatic heterocycles. The van der Waals surface area contributed by atoms with Crippen molar-refractivity contribution in [1.82, 2.24) is 4.90 Å². The molecule has 1 aromatic rings. The predicted molar refractivity (Wildman–Crippen MR) is 84.4 cm³/mol. The highest BCUT2D eigenvalue weighted by atomic mass is 16.5. The summed E-state index contributed by atoms with van der Waals surface area (Å²) in [6, 6.07) is 10.3. The Morgan fingerprint density at radius 3 is 2.86 bits per heavy atom. The van der Waals surface area contributed by atoms with E-state index < -0.39 is 0 Å². The molecular formula is C18H16N2O. The monoisotopic (exact) mass is 276 g/mol. The molecule has 0 N–H and O–H groups in total. The standard InChI is InChI=1S/C18H16N2O/c1-21-15-10-14-8-5-9-20-12-17(13-6-3-2-4-7-13)19-16(11-15)18(14)20/h2-8,10,12H,9,11H2,1H3. The quantitative estimate of drug-likeness (QED) is 0.826. The fourth-order valence-electron chi connectivity index (χ4n) is 2.96. The first-order valence-corrected chi connectivity index (χ1v) is 7.12. The summed E-state index contributed by atoms with van der Waals surface area (Å²) in [6.45, 7) is 0.893. The molecule has 1 aliphatic carbocycles. The smallest absolute Gasteiger partial charge is 0.102 e. The summed E-state index contributed by atoms with van der Waals surface area (Å²) in [5.41, 5.74) is 5.66. The van der Waals surface area contributed by atoms with E-state index in [-0.39, 0.29) is 0 Å². The van der Waals surface area contributed by atoms with Crippen LogP contribution >= 0.6 is 0 Å². The zero-order valence-electron chi connectivity index (χ0n) is 11.9. The van der Waals surface area contributed by atoms with E-state index in [1.165, 1.54) is 11.3 Å². The van der Waals surface area contributed by atoms with Gasteiger partial charge in [0.2, 0.25) is 0 Å². The number of benzene rings is 1. The lowest BCUT2D eigenvalue weighted by Gasteiger charge is -2.34. The molecule has 3 aliphatic rings. The normalized spacial score (nSPS) is 19.7. The van der Waals surface area contributed by atoms with Crippen LogP contribution in [0.5, 0.6) is 0 Å². The van der Waals surface area contributed by atoms with Crippen molar-refractivity contribution in [3.63, 3.8) is 0 Å². The van der Waals surface area contributed by atoms with Crippen LogP contribution in [0.15, 0.2) is 76.8 Å². The van der Waals surface area contributed by atoms with E-state index in [0.29, 0.717) is 0 Å². The van der Waals surface area contributed by atoms with Gasteiger partial charge in [-0.1, -0.05) is 42.5 Å². The first-order chi connectivity index (χ1) is 10.3. The molecule has 0 radical (unpaired) electrons. The van der Waals surface area contributed by atoms with Crippen molar-refractivity contribution in [1.29, 1.82) is 0 Å². The molecule has 0 saturated heterocycles. The molecule has 0 unspecified atom stereocenters. The van der Waals surface area contributed by atoms with E-state index in [9.17, 15) is 0 Å². The Morgan fingerprint density at radius 1 is 1.19 bits per heavy atom. The maximum Gasteiger partial charge on any atom is 0.102 e. The SMILES string of the molecule is COC1=CC2=C3C(=NC(c4ccccc4)=CN3CC=C2)C1. The minimum atomic E-state index is 0.754. The maximum absolute atomic E-state index is 5.45. The third-order valence-corrected chi connectivity index (χ3v) is 3.96. The second-order valence-corrected chi connectivity index (χ2v) is 5.29. The summed E-state index contributed by atoms with van der Waals surface area (Å²) < 4.78 is 5.45. The molecule has 2 heterocycles. The minimum absolute atomic E-state index is 0.754. The van der Waals surface area contributed by atoms with E-state index >= 15 is 0 Å². The molecule has 0 fully saturated rings. The van der Waals surface area contributed by atoms with Crippen molar-refractivity contribution in [2.24, 2.45) is 4.99 Å². The van der Waals surface area contributed by atoms with Gasteiger partial charge in [0.25, 0.3) is 0 Å². The van der Waals surface area contributed by atoms with Crippen LogP contribution in [0.4, 0.5) is 0 Å².